The third kappa shape index (κ3) is 6.07. The summed E-state index contributed by atoms with van der Waals surface area (Å²) < 4.78 is 13.2. The number of hydrogen-bond donors (Lipinski definition) is 1. The number of rotatable bonds is 9. The van der Waals surface area contributed by atoms with Crippen LogP contribution in [0, 0.1) is 27.7 Å². The van der Waals surface area contributed by atoms with Gasteiger partial charge < -0.3 is 14.8 Å². The molecule has 36 heavy (non-hydrogen) atoms. The number of benzene rings is 3. The molecule has 7 nitrogen and oxygen atoms in total. The van der Waals surface area contributed by atoms with Crippen LogP contribution in [0.4, 0.5) is 5.69 Å². The average molecular weight is 503 g/mol. The van der Waals surface area contributed by atoms with Gasteiger partial charge in [0.05, 0.1) is 12.9 Å². The number of nitrogens with zero attached hydrogens (tertiary/aromatic N) is 3. The number of anilines is 1. The molecule has 8 heteroatoms. The summed E-state index contributed by atoms with van der Waals surface area (Å²) in [6.07, 6.45) is 0. The van der Waals surface area contributed by atoms with Crippen LogP contribution in [0.1, 0.15) is 28.1 Å². The summed E-state index contributed by atoms with van der Waals surface area (Å²) in [5.41, 5.74) is 6.14. The van der Waals surface area contributed by atoms with Crippen molar-refractivity contribution in [1.29, 1.82) is 0 Å². The summed E-state index contributed by atoms with van der Waals surface area (Å²) in [6.45, 7) is 8.32. The first-order chi connectivity index (χ1) is 17.3. The number of nitrogens with one attached hydrogen (secondary N) is 1. The van der Waals surface area contributed by atoms with E-state index < -0.39 is 0 Å². The molecule has 0 saturated carbocycles. The van der Waals surface area contributed by atoms with Crippen molar-refractivity contribution in [3.63, 3.8) is 0 Å². The monoisotopic (exact) mass is 502 g/mol. The van der Waals surface area contributed by atoms with E-state index in [4.69, 9.17) is 9.47 Å². The van der Waals surface area contributed by atoms with E-state index in [-0.39, 0.29) is 18.3 Å². The van der Waals surface area contributed by atoms with Crippen LogP contribution in [0.25, 0.3) is 5.69 Å². The van der Waals surface area contributed by atoms with E-state index in [9.17, 15) is 4.79 Å². The Hall–Kier alpha value is -3.78. The van der Waals surface area contributed by atoms with E-state index in [0.29, 0.717) is 11.0 Å². The number of hydrogen-bond acceptors (Lipinski definition) is 6. The predicted octanol–water partition coefficient (Wildman–Crippen LogP) is 5.82. The van der Waals surface area contributed by atoms with Gasteiger partial charge in [-0.05, 0) is 75.2 Å². The second kappa shape index (κ2) is 11.3. The van der Waals surface area contributed by atoms with Gasteiger partial charge in [-0.25, -0.2) is 0 Å². The van der Waals surface area contributed by atoms with Gasteiger partial charge >= 0.3 is 0 Å². The standard InChI is InChI=1S/C28H30N4O3S/c1-18-6-10-24(11-7-18)35-16-25-30-31-28(32(25)22-8-12-23(34-5)13-9-22)36-17-26(33)29-27-20(3)14-19(2)15-21(27)4/h6-15H,16-17H2,1-5H3,(H,29,33). The quantitative estimate of drug-likeness (QED) is 0.291. The molecular weight excluding hydrogens is 472 g/mol. The highest BCUT2D eigenvalue weighted by Gasteiger charge is 2.17. The molecule has 0 aliphatic carbocycles. The number of amides is 1. The number of ether oxygens (including phenoxy) is 2. The molecule has 3 aromatic carbocycles. The molecule has 0 aliphatic heterocycles. The molecule has 0 radical (unpaired) electrons. The lowest BCUT2D eigenvalue weighted by atomic mass is 10.1. The third-order valence-corrected chi connectivity index (χ3v) is 6.62. The van der Waals surface area contributed by atoms with Crippen LogP contribution < -0.4 is 14.8 Å². The van der Waals surface area contributed by atoms with Gasteiger partial charge in [0.25, 0.3) is 0 Å². The molecular formula is C28H30N4O3S. The predicted molar refractivity (Wildman–Crippen MR) is 143 cm³/mol. The molecule has 0 unspecified atom stereocenters. The maximum Gasteiger partial charge on any atom is 0.234 e. The molecule has 4 rings (SSSR count). The van der Waals surface area contributed by atoms with E-state index in [2.05, 4.69) is 27.6 Å². The average Bonchev–Trinajstić information content (AvgIpc) is 3.27. The summed E-state index contributed by atoms with van der Waals surface area (Å²) in [7, 11) is 1.63. The number of aromatic nitrogens is 3. The summed E-state index contributed by atoms with van der Waals surface area (Å²) in [5, 5.41) is 12.4. The molecule has 186 valence electrons. The van der Waals surface area contributed by atoms with Crippen LogP contribution in [0.15, 0.2) is 65.8 Å². The van der Waals surface area contributed by atoms with Crippen LogP contribution in [-0.4, -0.2) is 33.5 Å². The van der Waals surface area contributed by atoms with Gasteiger partial charge in [0.1, 0.15) is 18.1 Å². The Morgan fingerprint density at radius 2 is 1.53 bits per heavy atom. The first-order valence-electron chi connectivity index (χ1n) is 11.6. The molecule has 1 aromatic heterocycles. The lowest BCUT2D eigenvalue weighted by Gasteiger charge is -2.14. The molecule has 0 aliphatic rings. The molecule has 1 N–H and O–H groups in total. The minimum absolute atomic E-state index is 0.100. The number of carbonyl (C=O) groups excluding carboxylic acids is 1. The van der Waals surface area contributed by atoms with Gasteiger partial charge in [-0.1, -0.05) is 47.2 Å². The molecule has 1 heterocycles. The van der Waals surface area contributed by atoms with Crippen LogP contribution in [-0.2, 0) is 11.4 Å². The summed E-state index contributed by atoms with van der Waals surface area (Å²) in [5.74, 6) is 2.23. The van der Waals surface area contributed by atoms with Crippen molar-refractivity contribution in [3.05, 3.63) is 88.7 Å². The maximum atomic E-state index is 12.8. The highest BCUT2D eigenvalue weighted by atomic mass is 32.2. The van der Waals surface area contributed by atoms with Crippen molar-refractivity contribution < 1.29 is 14.3 Å². The zero-order chi connectivity index (χ0) is 25.7. The number of thioether (sulfide) groups is 1. The van der Waals surface area contributed by atoms with E-state index in [1.54, 1.807) is 7.11 Å². The van der Waals surface area contributed by atoms with Crippen LogP contribution in [0.5, 0.6) is 11.5 Å². The van der Waals surface area contributed by atoms with Crippen molar-refractivity contribution in [2.24, 2.45) is 0 Å². The Bertz CT molecular complexity index is 1330. The van der Waals surface area contributed by atoms with Gasteiger partial charge in [-0.2, -0.15) is 0 Å². The first-order valence-corrected chi connectivity index (χ1v) is 12.6. The van der Waals surface area contributed by atoms with Crippen LogP contribution >= 0.6 is 11.8 Å². The second-order valence-corrected chi connectivity index (χ2v) is 9.59. The van der Waals surface area contributed by atoms with Crippen LogP contribution in [0.3, 0.4) is 0 Å². The highest BCUT2D eigenvalue weighted by molar-refractivity contribution is 7.99. The summed E-state index contributed by atoms with van der Waals surface area (Å²) in [4.78, 5) is 12.8. The van der Waals surface area contributed by atoms with E-state index in [0.717, 1.165) is 39.6 Å². The van der Waals surface area contributed by atoms with Gasteiger partial charge in [-0.3, -0.25) is 9.36 Å². The third-order valence-electron chi connectivity index (χ3n) is 5.69. The molecule has 4 aromatic rings. The van der Waals surface area contributed by atoms with Gasteiger partial charge in [-0.15, -0.1) is 10.2 Å². The van der Waals surface area contributed by atoms with E-state index in [1.165, 1.54) is 17.3 Å². The number of carbonyl (C=O) groups is 1. The Balaban J connectivity index is 1.53. The smallest absolute Gasteiger partial charge is 0.234 e. The number of methoxy groups -OCH3 is 1. The second-order valence-electron chi connectivity index (χ2n) is 8.64. The fourth-order valence-corrected chi connectivity index (χ4v) is 4.71. The minimum Gasteiger partial charge on any atom is -0.497 e. The molecule has 0 saturated heterocycles. The zero-order valence-electron chi connectivity index (χ0n) is 21.2. The fourth-order valence-electron chi connectivity index (χ4n) is 3.94. The largest absolute Gasteiger partial charge is 0.497 e. The zero-order valence-corrected chi connectivity index (χ0v) is 22.0. The van der Waals surface area contributed by atoms with E-state index in [1.807, 2.05) is 80.8 Å². The Kier molecular flexibility index (Phi) is 7.95. The summed E-state index contributed by atoms with van der Waals surface area (Å²) >= 11 is 1.33. The van der Waals surface area contributed by atoms with E-state index >= 15 is 0 Å². The van der Waals surface area contributed by atoms with Crippen molar-refractivity contribution >= 4 is 23.4 Å². The van der Waals surface area contributed by atoms with Gasteiger partial charge in [0, 0.05) is 11.4 Å². The van der Waals surface area contributed by atoms with Gasteiger partial charge in [0.2, 0.25) is 5.91 Å². The minimum atomic E-state index is -0.100. The number of aryl methyl sites for hydroxylation is 4. The Morgan fingerprint density at radius 1 is 0.889 bits per heavy atom. The Morgan fingerprint density at radius 3 is 2.17 bits per heavy atom. The fraction of sp³-hybridized carbons (Fsp3) is 0.250. The highest BCUT2D eigenvalue weighted by Crippen LogP contribution is 2.26. The lowest BCUT2D eigenvalue weighted by Crippen LogP contribution is -2.16. The van der Waals surface area contributed by atoms with Crippen molar-refractivity contribution in [1.82, 2.24) is 14.8 Å². The molecule has 0 atom stereocenters. The SMILES string of the molecule is COc1ccc(-n2c(COc3ccc(C)cc3)nnc2SCC(=O)Nc2c(C)cc(C)cc2C)cc1. The Labute approximate surface area is 215 Å². The van der Waals surface area contributed by atoms with Crippen LogP contribution in [0.2, 0.25) is 0 Å². The normalized spacial score (nSPS) is 10.8. The lowest BCUT2D eigenvalue weighted by molar-refractivity contribution is -0.113. The molecule has 0 spiro atoms. The van der Waals surface area contributed by atoms with Crippen molar-refractivity contribution in [2.45, 2.75) is 39.5 Å². The molecule has 0 bridgehead atoms. The maximum absolute atomic E-state index is 12.8. The van der Waals surface area contributed by atoms with Crippen molar-refractivity contribution in [2.75, 3.05) is 18.2 Å². The topological polar surface area (TPSA) is 78.3 Å². The molecule has 0 fully saturated rings. The molecule has 1 amide bonds. The van der Waals surface area contributed by atoms with Gasteiger partial charge in [0.15, 0.2) is 11.0 Å². The summed E-state index contributed by atoms with van der Waals surface area (Å²) in [6, 6.07) is 19.6. The van der Waals surface area contributed by atoms with Crippen molar-refractivity contribution in [3.8, 4) is 17.2 Å². The first kappa shape index (κ1) is 25.3.